The molecule has 0 spiro atoms. The van der Waals surface area contributed by atoms with Gasteiger partial charge in [-0.05, 0) is 37.0 Å². The van der Waals surface area contributed by atoms with Crippen molar-refractivity contribution in [2.75, 3.05) is 6.61 Å². The van der Waals surface area contributed by atoms with E-state index in [0.29, 0.717) is 6.61 Å². The van der Waals surface area contributed by atoms with Crippen LogP contribution in [0.25, 0.3) is 17.3 Å². The fourth-order valence-corrected chi connectivity index (χ4v) is 3.01. The van der Waals surface area contributed by atoms with Crippen LogP contribution in [-0.4, -0.2) is 17.1 Å². The molecule has 0 radical (unpaired) electrons. The average molecular weight is 281 g/mol. The van der Waals surface area contributed by atoms with Crippen molar-refractivity contribution in [3.05, 3.63) is 53.2 Å². The van der Waals surface area contributed by atoms with Crippen molar-refractivity contribution < 1.29 is 9.53 Å². The van der Waals surface area contributed by atoms with Crippen molar-refractivity contribution in [2.24, 2.45) is 7.05 Å². The molecule has 0 amide bonds. The lowest BCUT2D eigenvalue weighted by molar-refractivity contribution is 0.0526. The zero-order valence-corrected chi connectivity index (χ0v) is 12.4. The summed E-state index contributed by atoms with van der Waals surface area (Å²) < 4.78 is 7.40. The molecule has 0 unspecified atom stereocenters. The molecule has 1 aliphatic carbocycles. The fraction of sp³-hybridized carbons (Fsp3) is 0.278. The van der Waals surface area contributed by atoms with E-state index in [1.165, 1.54) is 0 Å². The standard InChI is InChI=1S/C18H19NO2/c1-3-21-18(20)16-14-11-7-8-12-15(14)19(2)17(16)13-9-5-4-6-10-13/h4-6,8-10,12H,3,7,11H2,1-2H3. The van der Waals surface area contributed by atoms with Gasteiger partial charge < -0.3 is 9.30 Å². The Labute approximate surface area is 124 Å². The zero-order valence-electron chi connectivity index (χ0n) is 12.4. The van der Waals surface area contributed by atoms with Crippen molar-refractivity contribution in [1.82, 2.24) is 4.57 Å². The minimum Gasteiger partial charge on any atom is -0.462 e. The Hall–Kier alpha value is -2.29. The molecule has 0 fully saturated rings. The molecule has 0 saturated carbocycles. The van der Waals surface area contributed by atoms with Crippen LogP contribution >= 0.6 is 0 Å². The number of aromatic nitrogens is 1. The van der Waals surface area contributed by atoms with Crippen molar-refractivity contribution in [3.8, 4) is 11.3 Å². The number of carbonyl (C=O) groups excluding carboxylic acids is 1. The first-order chi connectivity index (χ1) is 10.2. The SMILES string of the molecule is CCOC(=O)c1c2c(n(C)c1-c1ccccc1)C=CCC2. The summed E-state index contributed by atoms with van der Waals surface area (Å²) >= 11 is 0. The summed E-state index contributed by atoms with van der Waals surface area (Å²) in [7, 11) is 2.01. The van der Waals surface area contributed by atoms with Crippen LogP contribution in [0, 0.1) is 0 Å². The third kappa shape index (κ3) is 2.29. The van der Waals surface area contributed by atoms with E-state index in [9.17, 15) is 4.79 Å². The van der Waals surface area contributed by atoms with E-state index < -0.39 is 0 Å². The van der Waals surface area contributed by atoms with E-state index in [1.54, 1.807) is 0 Å². The van der Waals surface area contributed by atoms with Crippen LogP contribution in [0.1, 0.15) is 35.0 Å². The number of carbonyl (C=O) groups is 1. The van der Waals surface area contributed by atoms with Gasteiger partial charge >= 0.3 is 5.97 Å². The highest BCUT2D eigenvalue weighted by atomic mass is 16.5. The Kier molecular flexibility index (Phi) is 3.65. The first-order valence-electron chi connectivity index (χ1n) is 7.34. The lowest BCUT2D eigenvalue weighted by Crippen LogP contribution is -2.09. The molecule has 3 heteroatoms. The zero-order chi connectivity index (χ0) is 14.8. The number of hydrogen-bond acceptors (Lipinski definition) is 2. The molecule has 0 N–H and O–H groups in total. The molecule has 3 rings (SSSR count). The molecule has 0 bridgehead atoms. The highest BCUT2D eigenvalue weighted by Gasteiger charge is 2.27. The predicted molar refractivity (Wildman–Crippen MR) is 84.2 cm³/mol. The summed E-state index contributed by atoms with van der Waals surface area (Å²) in [5, 5.41) is 0. The molecule has 1 aliphatic rings. The van der Waals surface area contributed by atoms with Gasteiger partial charge in [-0.25, -0.2) is 4.79 Å². The highest BCUT2D eigenvalue weighted by molar-refractivity contribution is 6.00. The Balaban J connectivity index is 2.25. The number of allylic oxidation sites excluding steroid dienone is 1. The van der Waals surface area contributed by atoms with E-state index in [1.807, 2.05) is 44.3 Å². The number of fused-ring (bicyclic) bond motifs is 1. The molecule has 3 nitrogen and oxygen atoms in total. The molecule has 0 aliphatic heterocycles. The van der Waals surface area contributed by atoms with Crippen molar-refractivity contribution in [3.63, 3.8) is 0 Å². The van der Waals surface area contributed by atoms with Gasteiger partial charge in [0.05, 0.1) is 17.9 Å². The van der Waals surface area contributed by atoms with Crippen LogP contribution in [0.4, 0.5) is 0 Å². The predicted octanol–water partition coefficient (Wildman–Crippen LogP) is 3.83. The maximum Gasteiger partial charge on any atom is 0.340 e. The van der Waals surface area contributed by atoms with Crippen LogP contribution in [0.15, 0.2) is 36.4 Å². The summed E-state index contributed by atoms with van der Waals surface area (Å²) in [5.74, 6) is -0.219. The van der Waals surface area contributed by atoms with E-state index in [2.05, 4.69) is 16.7 Å². The van der Waals surface area contributed by atoms with Crippen molar-refractivity contribution in [1.29, 1.82) is 0 Å². The minimum atomic E-state index is -0.219. The van der Waals surface area contributed by atoms with Gasteiger partial charge in [0.15, 0.2) is 0 Å². The minimum absolute atomic E-state index is 0.219. The second-order valence-corrected chi connectivity index (χ2v) is 5.17. The molecule has 1 aromatic carbocycles. The van der Waals surface area contributed by atoms with Crippen LogP contribution in [0.2, 0.25) is 0 Å². The Morgan fingerprint density at radius 2 is 2.05 bits per heavy atom. The highest BCUT2D eigenvalue weighted by Crippen LogP contribution is 2.35. The Bertz CT molecular complexity index is 696. The average Bonchev–Trinajstić information content (AvgIpc) is 2.82. The fourth-order valence-electron chi connectivity index (χ4n) is 3.01. The van der Waals surface area contributed by atoms with Crippen LogP contribution < -0.4 is 0 Å². The van der Waals surface area contributed by atoms with E-state index in [-0.39, 0.29) is 5.97 Å². The molecule has 1 heterocycles. The number of esters is 1. The van der Waals surface area contributed by atoms with Gasteiger partial charge in [0.2, 0.25) is 0 Å². The number of benzene rings is 1. The number of ether oxygens (including phenoxy) is 1. The van der Waals surface area contributed by atoms with Crippen molar-refractivity contribution in [2.45, 2.75) is 19.8 Å². The Morgan fingerprint density at radius 1 is 1.29 bits per heavy atom. The monoisotopic (exact) mass is 281 g/mol. The van der Waals surface area contributed by atoms with Gasteiger partial charge in [-0.1, -0.05) is 36.4 Å². The van der Waals surface area contributed by atoms with Gasteiger partial charge in [0, 0.05) is 12.7 Å². The van der Waals surface area contributed by atoms with Gasteiger partial charge in [0.1, 0.15) is 0 Å². The largest absolute Gasteiger partial charge is 0.462 e. The summed E-state index contributed by atoms with van der Waals surface area (Å²) in [4.78, 5) is 12.5. The summed E-state index contributed by atoms with van der Waals surface area (Å²) in [6.45, 7) is 2.24. The molecular formula is C18H19NO2. The van der Waals surface area contributed by atoms with Gasteiger partial charge in [-0.2, -0.15) is 0 Å². The molecule has 2 aromatic rings. The quantitative estimate of drug-likeness (QED) is 0.801. The van der Waals surface area contributed by atoms with E-state index >= 15 is 0 Å². The molecule has 21 heavy (non-hydrogen) atoms. The normalized spacial score (nSPS) is 13.0. The summed E-state index contributed by atoms with van der Waals surface area (Å²) in [5.41, 5.74) is 4.95. The third-order valence-electron chi connectivity index (χ3n) is 3.91. The Morgan fingerprint density at radius 3 is 2.76 bits per heavy atom. The first-order valence-corrected chi connectivity index (χ1v) is 7.34. The third-order valence-corrected chi connectivity index (χ3v) is 3.91. The second kappa shape index (κ2) is 5.60. The second-order valence-electron chi connectivity index (χ2n) is 5.17. The molecule has 0 saturated heterocycles. The summed E-state index contributed by atoms with van der Waals surface area (Å²) in [6.07, 6.45) is 6.12. The molecule has 108 valence electrons. The van der Waals surface area contributed by atoms with Crippen LogP contribution in [0.5, 0.6) is 0 Å². The first kappa shape index (κ1) is 13.7. The molecule has 0 atom stereocenters. The maximum atomic E-state index is 12.5. The van der Waals surface area contributed by atoms with Gasteiger partial charge in [0.25, 0.3) is 0 Å². The number of hydrogen-bond donors (Lipinski definition) is 0. The number of nitrogens with zero attached hydrogens (tertiary/aromatic N) is 1. The molecule has 1 aromatic heterocycles. The summed E-state index contributed by atoms with van der Waals surface area (Å²) in [6, 6.07) is 10.0. The smallest absolute Gasteiger partial charge is 0.340 e. The van der Waals surface area contributed by atoms with Crippen LogP contribution in [-0.2, 0) is 18.2 Å². The van der Waals surface area contributed by atoms with Crippen molar-refractivity contribution >= 4 is 12.0 Å². The lowest BCUT2D eigenvalue weighted by atomic mass is 9.97. The van der Waals surface area contributed by atoms with Gasteiger partial charge in [-0.3, -0.25) is 0 Å². The van der Waals surface area contributed by atoms with E-state index in [4.69, 9.17) is 4.74 Å². The van der Waals surface area contributed by atoms with Crippen LogP contribution in [0.3, 0.4) is 0 Å². The van der Waals surface area contributed by atoms with Gasteiger partial charge in [-0.15, -0.1) is 0 Å². The molecular weight excluding hydrogens is 262 g/mol. The maximum absolute atomic E-state index is 12.5. The van der Waals surface area contributed by atoms with E-state index in [0.717, 1.165) is 40.9 Å². The lowest BCUT2D eigenvalue weighted by Gasteiger charge is -2.08. The number of rotatable bonds is 3. The topological polar surface area (TPSA) is 31.2 Å².